The van der Waals surface area contributed by atoms with Crippen LogP contribution in [-0.4, -0.2) is 17.1 Å². The summed E-state index contributed by atoms with van der Waals surface area (Å²) in [6, 6.07) is 9.51. The molecule has 0 saturated heterocycles. The van der Waals surface area contributed by atoms with E-state index in [1.807, 2.05) is 24.3 Å². The maximum atomic E-state index is 11.8. The SMILES string of the molecule is COc1ccc(Cc2nc(C3CCCC3)cc(=O)[nH]2)cc1. The average Bonchev–Trinajstić information content (AvgIpc) is 3.02. The Bertz CT molecular complexity index is 655. The summed E-state index contributed by atoms with van der Waals surface area (Å²) < 4.78 is 5.15. The number of H-pyrrole nitrogens is 1. The molecular formula is C17H20N2O2. The molecule has 0 aliphatic heterocycles. The predicted octanol–water partition coefficient (Wildman–Crippen LogP) is 3.03. The summed E-state index contributed by atoms with van der Waals surface area (Å²) in [5.74, 6) is 2.04. The van der Waals surface area contributed by atoms with Crippen molar-refractivity contribution in [3.05, 3.63) is 57.8 Å². The Morgan fingerprint density at radius 3 is 2.62 bits per heavy atom. The summed E-state index contributed by atoms with van der Waals surface area (Å²) in [6.45, 7) is 0. The quantitative estimate of drug-likeness (QED) is 0.939. The molecule has 1 aromatic carbocycles. The molecule has 0 amide bonds. The van der Waals surface area contributed by atoms with Gasteiger partial charge < -0.3 is 9.72 Å². The topological polar surface area (TPSA) is 55.0 Å². The lowest BCUT2D eigenvalue weighted by Crippen LogP contribution is -2.14. The Morgan fingerprint density at radius 2 is 1.95 bits per heavy atom. The third kappa shape index (κ3) is 3.32. The summed E-state index contributed by atoms with van der Waals surface area (Å²) in [5, 5.41) is 0. The largest absolute Gasteiger partial charge is 0.497 e. The van der Waals surface area contributed by atoms with Crippen molar-refractivity contribution in [2.24, 2.45) is 0 Å². The maximum absolute atomic E-state index is 11.8. The van der Waals surface area contributed by atoms with E-state index in [-0.39, 0.29) is 5.56 Å². The molecule has 1 fully saturated rings. The average molecular weight is 284 g/mol. The van der Waals surface area contributed by atoms with Gasteiger partial charge in [0.1, 0.15) is 11.6 Å². The summed E-state index contributed by atoms with van der Waals surface area (Å²) in [6.07, 6.45) is 5.43. The van der Waals surface area contributed by atoms with Crippen LogP contribution in [0.2, 0.25) is 0 Å². The third-order valence-electron chi connectivity index (χ3n) is 4.11. The van der Waals surface area contributed by atoms with E-state index in [9.17, 15) is 4.79 Å². The Kier molecular flexibility index (Phi) is 4.04. The van der Waals surface area contributed by atoms with Crippen molar-refractivity contribution in [1.29, 1.82) is 0 Å². The van der Waals surface area contributed by atoms with Crippen molar-refractivity contribution in [1.82, 2.24) is 9.97 Å². The van der Waals surface area contributed by atoms with Crippen LogP contribution in [0.1, 0.15) is 48.7 Å². The first kappa shape index (κ1) is 13.9. The van der Waals surface area contributed by atoms with E-state index in [0.29, 0.717) is 12.3 Å². The first-order chi connectivity index (χ1) is 10.2. The molecule has 3 rings (SSSR count). The number of ether oxygens (including phenoxy) is 1. The molecule has 1 N–H and O–H groups in total. The van der Waals surface area contributed by atoms with Gasteiger partial charge in [0.15, 0.2) is 0 Å². The molecule has 1 aliphatic carbocycles. The fraction of sp³-hybridized carbons (Fsp3) is 0.412. The molecule has 1 saturated carbocycles. The van der Waals surface area contributed by atoms with Crippen LogP contribution in [0.25, 0.3) is 0 Å². The zero-order valence-electron chi connectivity index (χ0n) is 12.3. The van der Waals surface area contributed by atoms with Gasteiger partial charge in [-0.2, -0.15) is 0 Å². The lowest BCUT2D eigenvalue weighted by atomic mass is 10.0. The first-order valence-electron chi connectivity index (χ1n) is 7.47. The molecule has 0 bridgehead atoms. The number of rotatable bonds is 4. The summed E-state index contributed by atoms with van der Waals surface area (Å²) in [4.78, 5) is 19.4. The van der Waals surface area contributed by atoms with Crippen LogP contribution in [0.4, 0.5) is 0 Å². The van der Waals surface area contributed by atoms with Crippen molar-refractivity contribution in [3.8, 4) is 5.75 Å². The lowest BCUT2D eigenvalue weighted by Gasteiger charge is -2.10. The second kappa shape index (κ2) is 6.12. The van der Waals surface area contributed by atoms with Gasteiger partial charge in [0, 0.05) is 18.4 Å². The Labute approximate surface area is 124 Å². The van der Waals surface area contributed by atoms with Gasteiger partial charge in [-0.05, 0) is 30.5 Å². The smallest absolute Gasteiger partial charge is 0.251 e. The van der Waals surface area contributed by atoms with Crippen molar-refractivity contribution in [3.63, 3.8) is 0 Å². The van der Waals surface area contributed by atoms with Gasteiger partial charge in [0.2, 0.25) is 0 Å². The van der Waals surface area contributed by atoms with Crippen LogP contribution in [-0.2, 0) is 6.42 Å². The van der Waals surface area contributed by atoms with Gasteiger partial charge in [0.25, 0.3) is 5.56 Å². The molecule has 2 aromatic rings. The zero-order chi connectivity index (χ0) is 14.7. The van der Waals surface area contributed by atoms with Crippen LogP contribution in [0.15, 0.2) is 35.1 Å². The molecule has 4 heteroatoms. The molecule has 0 radical (unpaired) electrons. The molecule has 21 heavy (non-hydrogen) atoms. The number of aromatic amines is 1. The van der Waals surface area contributed by atoms with E-state index in [4.69, 9.17) is 4.74 Å². The lowest BCUT2D eigenvalue weighted by molar-refractivity contribution is 0.414. The van der Waals surface area contributed by atoms with Crippen molar-refractivity contribution < 1.29 is 4.74 Å². The third-order valence-corrected chi connectivity index (χ3v) is 4.11. The highest BCUT2D eigenvalue weighted by Crippen LogP contribution is 2.32. The van der Waals surface area contributed by atoms with Gasteiger partial charge in [-0.25, -0.2) is 4.98 Å². The van der Waals surface area contributed by atoms with E-state index in [1.54, 1.807) is 13.2 Å². The Morgan fingerprint density at radius 1 is 1.24 bits per heavy atom. The molecule has 1 aromatic heterocycles. The molecule has 1 heterocycles. The minimum atomic E-state index is -0.0459. The molecule has 0 unspecified atom stereocenters. The zero-order valence-corrected chi connectivity index (χ0v) is 12.3. The highest BCUT2D eigenvalue weighted by molar-refractivity contribution is 5.29. The highest BCUT2D eigenvalue weighted by atomic mass is 16.5. The van der Waals surface area contributed by atoms with Gasteiger partial charge in [-0.1, -0.05) is 25.0 Å². The monoisotopic (exact) mass is 284 g/mol. The molecule has 4 nitrogen and oxygen atoms in total. The highest BCUT2D eigenvalue weighted by Gasteiger charge is 2.19. The van der Waals surface area contributed by atoms with E-state index in [1.165, 1.54) is 12.8 Å². The molecule has 110 valence electrons. The number of hydrogen-bond donors (Lipinski definition) is 1. The van der Waals surface area contributed by atoms with Crippen LogP contribution in [0, 0.1) is 0 Å². The van der Waals surface area contributed by atoms with Crippen LogP contribution < -0.4 is 10.3 Å². The second-order valence-corrected chi connectivity index (χ2v) is 5.62. The van der Waals surface area contributed by atoms with E-state index >= 15 is 0 Å². The van der Waals surface area contributed by atoms with Gasteiger partial charge >= 0.3 is 0 Å². The number of hydrogen-bond acceptors (Lipinski definition) is 3. The van der Waals surface area contributed by atoms with E-state index in [0.717, 1.165) is 35.7 Å². The molecule has 0 atom stereocenters. The molecular weight excluding hydrogens is 264 g/mol. The number of methoxy groups -OCH3 is 1. The Hall–Kier alpha value is -2.10. The maximum Gasteiger partial charge on any atom is 0.251 e. The summed E-state index contributed by atoms with van der Waals surface area (Å²) in [5.41, 5.74) is 2.03. The van der Waals surface area contributed by atoms with Gasteiger partial charge in [0.05, 0.1) is 12.8 Å². The summed E-state index contributed by atoms with van der Waals surface area (Å²) in [7, 11) is 1.65. The minimum Gasteiger partial charge on any atom is -0.497 e. The van der Waals surface area contributed by atoms with Gasteiger partial charge in [-0.3, -0.25) is 4.79 Å². The van der Waals surface area contributed by atoms with Gasteiger partial charge in [-0.15, -0.1) is 0 Å². The molecule has 0 spiro atoms. The normalized spacial score (nSPS) is 15.3. The second-order valence-electron chi connectivity index (χ2n) is 5.62. The van der Waals surface area contributed by atoms with Crippen molar-refractivity contribution >= 4 is 0 Å². The van der Waals surface area contributed by atoms with E-state index in [2.05, 4.69) is 9.97 Å². The standard InChI is InChI=1S/C17H20N2O2/c1-21-14-8-6-12(7-9-14)10-16-18-15(11-17(20)19-16)13-4-2-3-5-13/h6-9,11,13H,2-5,10H2,1H3,(H,18,19,20). The number of benzene rings is 1. The number of aromatic nitrogens is 2. The predicted molar refractivity (Wildman–Crippen MR) is 81.9 cm³/mol. The number of nitrogens with zero attached hydrogens (tertiary/aromatic N) is 1. The minimum absolute atomic E-state index is 0.0459. The first-order valence-corrected chi connectivity index (χ1v) is 7.47. The number of nitrogens with one attached hydrogen (secondary N) is 1. The molecule has 1 aliphatic rings. The van der Waals surface area contributed by atoms with Crippen LogP contribution in [0.3, 0.4) is 0 Å². The summed E-state index contributed by atoms with van der Waals surface area (Å²) >= 11 is 0. The van der Waals surface area contributed by atoms with Crippen LogP contribution >= 0.6 is 0 Å². The van der Waals surface area contributed by atoms with Crippen LogP contribution in [0.5, 0.6) is 5.75 Å². The van der Waals surface area contributed by atoms with Crippen molar-refractivity contribution in [2.75, 3.05) is 7.11 Å². The fourth-order valence-electron chi connectivity index (χ4n) is 2.98. The Balaban J connectivity index is 1.82. The fourth-order valence-corrected chi connectivity index (χ4v) is 2.98. The van der Waals surface area contributed by atoms with E-state index < -0.39 is 0 Å². The van der Waals surface area contributed by atoms with Crippen molar-refractivity contribution in [2.45, 2.75) is 38.0 Å².